The van der Waals surface area contributed by atoms with E-state index in [1.54, 1.807) is 17.0 Å². The zero-order valence-electron chi connectivity index (χ0n) is 17.9. The molecule has 10 nitrogen and oxygen atoms in total. The van der Waals surface area contributed by atoms with E-state index in [4.69, 9.17) is 10.2 Å². The van der Waals surface area contributed by atoms with Crippen LogP contribution in [0.5, 0.6) is 0 Å². The van der Waals surface area contributed by atoms with E-state index in [1.807, 2.05) is 6.92 Å². The van der Waals surface area contributed by atoms with Crippen LogP contribution in [-0.2, 0) is 22.7 Å². The number of unbranched alkanes of at least 4 members (excludes halogenated alkanes) is 1. The van der Waals surface area contributed by atoms with Crippen molar-refractivity contribution < 1.29 is 14.0 Å². The number of carbonyl (C=O) groups excluding carboxylic acids is 2. The topological polar surface area (TPSA) is 135 Å². The summed E-state index contributed by atoms with van der Waals surface area (Å²) >= 11 is 0. The van der Waals surface area contributed by atoms with E-state index in [1.165, 1.54) is 22.7 Å². The van der Waals surface area contributed by atoms with Crippen LogP contribution in [0.3, 0.4) is 0 Å². The Kier molecular flexibility index (Phi) is 6.98. The van der Waals surface area contributed by atoms with E-state index < -0.39 is 11.2 Å². The van der Waals surface area contributed by atoms with E-state index in [0.29, 0.717) is 44.7 Å². The molecule has 0 aromatic carbocycles. The summed E-state index contributed by atoms with van der Waals surface area (Å²) in [6.07, 6.45) is 4.00. The summed E-state index contributed by atoms with van der Waals surface area (Å²) in [6, 6.07) is 3.40. The van der Waals surface area contributed by atoms with Crippen molar-refractivity contribution in [1.29, 1.82) is 0 Å². The van der Waals surface area contributed by atoms with Gasteiger partial charge in [-0.3, -0.25) is 28.8 Å². The molecule has 1 aliphatic rings. The summed E-state index contributed by atoms with van der Waals surface area (Å²) in [5, 5.41) is 0. The van der Waals surface area contributed by atoms with Crippen molar-refractivity contribution in [3.63, 3.8) is 0 Å². The van der Waals surface area contributed by atoms with Crippen molar-refractivity contribution in [2.24, 2.45) is 5.92 Å². The fraction of sp³-hybridized carbons (Fsp3) is 0.524. The Hall–Kier alpha value is -3.30. The van der Waals surface area contributed by atoms with Crippen LogP contribution in [0.25, 0.3) is 0 Å². The van der Waals surface area contributed by atoms with Gasteiger partial charge in [-0.1, -0.05) is 13.3 Å². The minimum absolute atomic E-state index is 0.0119. The second-order valence-electron chi connectivity index (χ2n) is 7.78. The molecule has 0 bridgehead atoms. The number of H-pyrrole nitrogens is 1. The van der Waals surface area contributed by atoms with Crippen LogP contribution in [0.15, 0.2) is 32.4 Å². The van der Waals surface area contributed by atoms with Crippen molar-refractivity contribution in [3.05, 3.63) is 45.0 Å². The first-order valence-electron chi connectivity index (χ1n) is 10.5. The largest absolute Gasteiger partial charge is 0.467 e. The van der Waals surface area contributed by atoms with Gasteiger partial charge in [0.2, 0.25) is 11.8 Å². The third-order valence-electron chi connectivity index (χ3n) is 5.67. The molecule has 168 valence electrons. The molecule has 31 heavy (non-hydrogen) atoms. The van der Waals surface area contributed by atoms with Crippen LogP contribution < -0.4 is 21.9 Å². The molecule has 3 N–H and O–H groups in total. The molecule has 2 aromatic rings. The lowest BCUT2D eigenvalue weighted by atomic mass is 9.95. The second-order valence-corrected chi connectivity index (χ2v) is 7.78. The fourth-order valence-electron chi connectivity index (χ4n) is 3.86. The van der Waals surface area contributed by atoms with Gasteiger partial charge in [0.15, 0.2) is 5.69 Å². The molecule has 0 atom stereocenters. The minimum atomic E-state index is -0.712. The highest BCUT2D eigenvalue weighted by Crippen LogP contribution is 2.26. The summed E-state index contributed by atoms with van der Waals surface area (Å²) < 4.78 is 6.69. The molecule has 10 heteroatoms. The highest BCUT2D eigenvalue weighted by atomic mass is 16.3. The van der Waals surface area contributed by atoms with Crippen LogP contribution in [-0.4, -0.2) is 39.4 Å². The molecule has 3 heterocycles. The number of piperidine rings is 1. The Morgan fingerprint density at radius 1 is 1.29 bits per heavy atom. The Balaban J connectivity index is 1.98. The van der Waals surface area contributed by atoms with E-state index in [9.17, 15) is 19.2 Å². The van der Waals surface area contributed by atoms with Crippen molar-refractivity contribution in [1.82, 2.24) is 14.5 Å². The number of furan rings is 1. The maximum absolute atomic E-state index is 13.5. The summed E-state index contributed by atoms with van der Waals surface area (Å²) in [6.45, 7) is 4.78. The maximum Gasteiger partial charge on any atom is 0.330 e. The number of rotatable bonds is 7. The van der Waals surface area contributed by atoms with E-state index in [-0.39, 0.29) is 35.8 Å². The lowest BCUT2D eigenvalue weighted by molar-refractivity contribution is -0.133. The molecular weight excluding hydrogens is 402 g/mol. The van der Waals surface area contributed by atoms with Gasteiger partial charge in [0.05, 0.1) is 12.8 Å². The Bertz CT molecular complexity index is 1030. The third-order valence-corrected chi connectivity index (χ3v) is 5.67. The van der Waals surface area contributed by atoms with Crippen LogP contribution >= 0.6 is 0 Å². The highest BCUT2D eigenvalue weighted by Gasteiger charge is 2.33. The van der Waals surface area contributed by atoms with Crippen LogP contribution in [0.4, 0.5) is 11.5 Å². The van der Waals surface area contributed by atoms with Gasteiger partial charge in [0.1, 0.15) is 11.6 Å². The quantitative estimate of drug-likeness (QED) is 0.679. The summed E-state index contributed by atoms with van der Waals surface area (Å²) in [5.74, 6) is -0.234. The van der Waals surface area contributed by atoms with Gasteiger partial charge in [-0.15, -0.1) is 0 Å². The number of amides is 2. The summed E-state index contributed by atoms with van der Waals surface area (Å²) in [5.41, 5.74) is 4.89. The predicted molar refractivity (Wildman–Crippen MR) is 116 cm³/mol. The number of hydrogen-bond acceptors (Lipinski definition) is 6. The number of nitrogen functional groups attached to an aromatic ring is 1. The number of carbonyl (C=O) groups is 2. The van der Waals surface area contributed by atoms with Gasteiger partial charge in [-0.25, -0.2) is 4.79 Å². The molecule has 0 saturated carbocycles. The third kappa shape index (κ3) is 4.89. The molecule has 2 aromatic heterocycles. The first kappa shape index (κ1) is 22.4. The SMILES string of the molecule is CCCCn1c(N)c(N(Cc2ccco2)C(=O)C2CCN(C(C)=O)CC2)c(=O)[nH]c1=O. The number of likely N-dealkylation sites (tertiary alicyclic amines) is 1. The van der Waals surface area contributed by atoms with Crippen molar-refractivity contribution in [2.45, 2.75) is 52.6 Å². The molecule has 3 rings (SSSR count). The smallest absolute Gasteiger partial charge is 0.330 e. The number of aromatic amines is 1. The monoisotopic (exact) mass is 431 g/mol. The lowest BCUT2D eigenvalue weighted by Crippen LogP contribution is -2.46. The number of nitrogens with two attached hydrogens (primary N) is 1. The van der Waals surface area contributed by atoms with Gasteiger partial charge in [0.25, 0.3) is 5.56 Å². The number of anilines is 2. The van der Waals surface area contributed by atoms with Crippen molar-refractivity contribution in [3.8, 4) is 0 Å². The van der Waals surface area contributed by atoms with Crippen molar-refractivity contribution in [2.75, 3.05) is 23.7 Å². The standard InChI is InChI=1S/C21H29N5O5/c1-3-4-9-25-18(22)17(19(28)23-21(25)30)26(13-16-6-5-12-31-16)20(29)15-7-10-24(11-8-15)14(2)27/h5-6,12,15H,3-4,7-11,13,22H2,1-2H3,(H,23,28,30). The van der Waals surface area contributed by atoms with Gasteiger partial charge in [-0.05, 0) is 31.4 Å². The van der Waals surface area contributed by atoms with Crippen LogP contribution in [0.2, 0.25) is 0 Å². The number of aromatic nitrogens is 2. The average molecular weight is 431 g/mol. The van der Waals surface area contributed by atoms with E-state index in [2.05, 4.69) is 4.98 Å². The fourth-order valence-corrected chi connectivity index (χ4v) is 3.86. The van der Waals surface area contributed by atoms with Gasteiger partial charge in [0, 0.05) is 32.5 Å². The van der Waals surface area contributed by atoms with Crippen LogP contribution in [0, 0.1) is 5.92 Å². The molecule has 1 aliphatic heterocycles. The molecule has 0 radical (unpaired) electrons. The van der Waals surface area contributed by atoms with Gasteiger partial charge < -0.3 is 15.1 Å². The molecule has 0 unspecified atom stereocenters. The zero-order chi connectivity index (χ0) is 22.5. The number of nitrogens with one attached hydrogen (secondary N) is 1. The summed E-state index contributed by atoms with van der Waals surface area (Å²) in [4.78, 5) is 55.5. The molecule has 0 aliphatic carbocycles. The van der Waals surface area contributed by atoms with Crippen molar-refractivity contribution >= 4 is 23.3 Å². The predicted octanol–water partition coefficient (Wildman–Crippen LogP) is 1.30. The highest BCUT2D eigenvalue weighted by molar-refractivity contribution is 5.97. The average Bonchev–Trinajstić information content (AvgIpc) is 3.25. The molecular formula is C21H29N5O5. The number of hydrogen-bond donors (Lipinski definition) is 2. The van der Waals surface area contributed by atoms with Gasteiger partial charge in [-0.2, -0.15) is 0 Å². The molecule has 1 saturated heterocycles. The zero-order valence-corrected chi connectivity index (χ0v) is 17.9. The van der Waals surface area contributed by atoms with E-state index >= 15 is 0 Å². The first-order chi connectivity index (χ1) is 14.8. The maximum atomic E-state index is 13.5. The Labute approximate surface area is 179 Å². The summed E-state index contributed by atoms with van der Waals surface area (Å²) in [7, 11) is 0. The van der Waals surface area contributed by atoms with Crippen LogP contribution in [0.1, 0.15) is 45.3 Å². The minimum Gasteiger partial charge on any atom is -0.467 e. The molecule has 0 spiro atoms. The number of nitrogens with zero attached hydrogens (tertiary/aromatic N) is 3. The molecule has 1 fully saturated rings. The normalized spacial score (nSPS) is 14.6. The first-order valence-corrected chi connectivity index (χ1v) is 10.5. The Morgan fingerprint density at radius 3 is 2.58 bits per heavy atom. The Morgan fingerprint density at radius 2 is 2.00 bits per heavy atom. The lowest BCUT2D eigenvalue weighted by Gasteiger charge is -2.33. The van der Waals surface area contributed by atoms with E-state index in [0.717, 1.165) is 6.42 Å². The molecule has 2 amide bonds. The second kappa shape index (κ2) is 9.67. The van der Waals surface area contributed by atoms with Gasteiger partial charge >= 0.3 is 5.69 Å².